The third kappa shape index (κ3) is 4.49. The van der Waals surface area contributed by atoms with Crippen molar-refractivity contribution >= 4 is 0 Å². The Bertz CT molecular complexity index is 164. The van der Waals surface area contributed by atoms with Gasteiger partial charge in [-0.15, -0.1) is 0 Å². The second kappa shape index (κ2) is 7.20. The van der Waals surface area contributed by atoms with Gasteiger partial charge in [-0.2, -0.15) is 0 Å². The number of nitrogens with zero attached hydrogens (tertiary/aromatic N) is 1. The number of rotatable bonds is 6. The van der Waals surface area contributed by atoms with Crippen molar-refractivity contribution in [2.45, 2.75) is 32.2 Å². The molecule has 1 heterocycles. The lowest BCUT2D eigenvalue weighted by Gasteiger charge is -2.35. The molecule has 1 saturated heterocycles. The van der Waals surface area contributed by atoms with Crippen molar-refractivity contribution in [3.05, 3.63) is 0 Å². The Kier molecular flexibility index (Phi) is 6.22. The molecule has 0 radical (unpaired) electrons. The van der Waals surface area contributed by atoms with Crippen molar-refractivity contribution in [1.82, 2.24) is 10.2 Å². The van der Waals surface area contributed by atoms with Crippen molar-refractivity contribution in [2.24, 2.45) is 5.92 Å². The van der Waals surface area contributed by atoms with E-state index in [1.54, 1.807) is 7.11 Å². The number of hydrogen-bond acceptors (Lipinski definition) is 3. The first kappa shape index (κ1) is 12.9. The molecule has 1 fully saturated rings. The van der Waals surface area contributed by atoms with Crippen molar-refractivity contribution in [3.63, 3.8) is 0 Å². The minimum atomic E-state index is 0.648. The van der Waals surface area contributed by atoms with E-state index in [-0.39, 0.29) is 0 Å². The zero-order valence-corrected chi connectivity index (χ0v) is 10.5. The van der Waals surface area contributed by atoms with E-state index < -0.39 is 0 Å². The Morgan fingerprint density at radius 1 is 1.53 bits per heavy atom. The number of nitrogens with one attached hydrogen (secondary N) is 1. The molecule has 0 aromatic carbocycles. The Balaban J connectivity index is 2.22. The van der Waals surface area contributed by atoms with Gasteiger partial charge in [0.05, 0.1) is 0 Å². The molecule has 0 aliphatic carbocycles. The normalized spacial score (nSPS) is 25.4. The summed E-state index contributed by atoms with van der Waals surface area (Å²) in [6, 6.07) is 0.648. The van der Waals surface area contributed by atoms with E-state index in [0.717, 1.165) is 18.9 Å². The first-order valence-corrected chi connectivity index (χ1v) is 6.16. The highest BCUT2D eigenvalue weighted by Gasteiger charge is 2.23. The van der Waals surface area contributed by atoms with Gasteiger partial charge in [0.2, 0.25) is 0 Å². The number of methoxy groups -OCH3 is 1. The fourth-order valence-corrected chi connectivity index (χ4v) is 2.37. The molecule has 1 N–H and O–H groups in total. The maximum Gasteiger partial charge on any atom is 0.0474 e. The molecule has 1 aliphatic heterocycles. The van der Waals surface area contributed by atoms with Crippen molar-refractivity contribution < 1.29 is 4.74 Å². The minimum absolute atomic E-state index is 0.648. The second-order valence-corrected chi connectivity index (χ2v) is 4.63. The standard InChI is InChI=1S/C12H26N2O/c1-11(13-2)12-6-4-7-14(10-12)8-5-9-15-3/h11-13H,4-10H2,1-3H3. The lowest BCUT2D eigenvalue weighted by Crippen LogP contribution is -2.43. The average molecular weight is 214 g/mol. The maximum atomic E-state index is 5.09. The highest BCUT2D eigenvalue weighted by Crippen LogP contribution is 2.19. The van der Waals surface area contributed by atoms with Crippen LogP contribution in [0.4, 0.5) is 0 Å². The van der Waals surface area contributed by atoms with Crippen LogP contribution in [0, 0.1) is 5.92 Å². The van der Waals surface area contributed by atoms with Gasteiger partial charge in [0.15, 0.2) is 0 Å². The van der Waals surface area contributed by atoms with Crippen LogP contribution in [0.1, 0.15) is 26.2 Å². The molecule has 90 valence electrons. The smallest absolute Gasteiger partial charge is 0.0474 e. The van der Waals surface area contributed by atoms with Gasteiger partial charge in [-0.1, -0.05) is 0 Å². The summed E-state index contributed by atoms with van der Waals surface area (Å²) in [6.07, 6.45) is 3.89. The van der Waals surface area contributed by atoms with E-state index in [1.807, 2.05) is 0 Å². The molecule has 2 unspecified atom stereocenters. The van der Waals surface area contributed by atoms with Crippen LogP contribution < -0.4 is 5.32 Å². The molecule has 0 bridgehead atoms. The molecule has 3 heteroatoms. The molecular weight excluding hydrogens is 188 g/mol. The van der Waals surface area contributed by atoms with E-state index >= 15 is 0 Å². The van der Waals surface area contributed by atoms with Gasteiger partial charge < -0.3 is 15.0 Å². The van der Waals surface area contributed by atoms with Gasteiger partial charge in [-0.05, 0) is 45.7 Å². The SMILES string of the molecule is CNC(C)C1CCCN(CCCOC)C1. The zero-order chi connectivity index (χ0) is 11.1. The molecule has 2 atom stereocenters. The number of likely N-dealkylation sites (tertiary alicyclic amines) is 1. The second-order valence-electron chi connectivity index (χ2n) is 4.63. The minimum Gasteiger partial charge on any atom is -0.385 e. The van der Waals surface area contributed by atoms with Crippen LogP contribution in [-0.4, -0.2) is 51.3 Å². The number of piperidine rings is 1. The van der Waals surface area contributed by atoms with E-state index in [2.05, 4.69) is 24.2 Å². The average Bonchev–Trinajstić information content (AvgIpc) is 2.29. The third-order valence-corrected chi connectivity index (χ3v) is 3.53. The summed E-state index contributed by atoms with van der Waals surface area (Å²) in [6.45, 7) is 6.91. The van der Waals surface area contributed by atoms with Crippen LogP contribution in [-0.2, 0) is 4.74 Å². The summed E-state index contributed by atoms with van der Waals surface area (Å²) in [7, 11) is 3.84. The van der Waals surface area contributed by atoms with Crippen LogP contribution in [0.25, 0.3) is 0 Å². The van der Waals surface area contributed by atoms with E-state index in [9.17, 15) is 0 Å². The van der Waals surface area contributed by atoms with Gasteiger partial charge in [0.25, 0.3) is 0 Å². The zero-order valence-electron chi connectivity index (χ0n) is 10.5. The Morgan fingerprint density at radius 2 is 2.33 bits per heavy atom. The summed E-state index contributed by atoms with van der Waals surface area (Å²) >= 11 is 0. The molecule has 15 heavy (non-hydrogen) atoms. The molecule has 0 aromatic rings. The summed E-state index contributed by atoms with van der Waals surface area (Å²) in [5.41, 5.74) is 0. The van der Waals surface area contributed by atoms with Crippen LogP contribution in [0.15, 0.2) is 0 Å². The number of hydrogen-bond donors (Lipinski definition) is 1. The van der Waals surface area contributed by atoms with Gasteiger partial charge >= 0.3 is 0 Å². The summed E-state index contributed by atoms with van der Waals surface area (Å²) in [5.74, 6) is 0.825. The highest BCUT2D eigenvalue weighted by molar-refractivity contribution is 4.79. The Labute approximate surface area is 94.2 Å². The van der Waals surface area contributed by atoms with Crippen molar-refractivity contribution in [1.29, 1.82) is 0 Å². The van der Waals surface area contributed by atoms with Crippen molar-refractivity contribution in [2.75, 3.05) is 40.4 Å². The van der Waals surface area contributed by atoms with E-state index in [0.29, 0.717) is 6.04 Å². The van der Waals surface area contributed by atoms with Crippen LogP contribution in [0.5, 0.6) is 0 Å². The lowest BCUT2D eigenvalue weighted by molar-refractivity contribution is 0.129. The molecule has 1 aliphatic rings. The highest BCUT2D eigenvalue weighted by atomic mass is 16.5. The molecular formula is C12H26N2O. The first-order valence-electron chi connectivity index (χ1n) is 6.16. The van der Waals surface area contributed by atoms with Gasteiger partial charge in [0.1, 0.15) is 0 Å². The molecule has 0 spiro atoms. The van der Waals surface area contributed by atoms with Gasteiger partial charge in [-0.25, -0.2) is 0 Å². The molecule has 0 saturated carbocycles. The maximum absolute atomic E-state index is 5.09. The molecule has 0 aromatic heterocycles. The van der Waals surface area contributed by atoms with Gasteiger partial charge in [0, 0.05) is 32.8 Å². The topological polar surface area (TPSA) is 24.5 Å². The molecule has 3 nitrogen and oxygen atoms in total. The Morgan fingerprint density at radius 3 is 3.00 bits per heavy atom. The largest absolute Gasteiger partial charge is 0.385 e. The van der Waals surface area contributed by atoms with Crippen LogP contribution in [0.2, 0.25) is 0 Å². The monoisotopic (exact) mass is 214 g/mol. The summed E-state index contributed by atoms with van der Waals surface area (Å²) in [5, 5.41) is 3.37. The fourth-order valence-electron chi connectivity index (χ4n) is 2.37. The first-order chi connectivity index (χ1) is 7.27. The van der Waals surface area contributed by atoms with Crippen LogP contribution in [0.3, 0.4) is 0 Å². The van der Waals surface area contributed by atoms with E-state index in [4.69, 9.17) is 4.74 Å². The van der Waals surface area contributed by atoms with Crippen LogP contribution >= 0.6 is 0 Å². The predicted octanol–water partition coefficient (Wildman–Crippen LogP) is 1.34. The fraction of sp³-hybridized carbons (Fsp3) is 1.00. The summed E-state index contributed by atoms with van der Waals surface area (Å²) < 4.78 is 5.09. The lowest BCUT2D eigenvalue weighted by atomic mass is 9.91. The Hall–Kier alpha value is -0.120. The number of ether oxygens (including phenoxy) is 1. The van der Waals surface area contributed by atoms with Gasteiger partial charge in [-0.3, -0.25) is 0 Å². The third-order valence-electron chi connectivity index (χ3n) is 3.53. The predicted molar refractivity (Wildman–Crippen MR) is 64.2 cm³/mol. The van der Waals surface area contributed by atoms with Crippen molar-refractivity contribution in [3.8, 4) is 0 Å². The van der Waals surface area contributed by atoms with E-state index in [1.165, 1.54) is 32.5 Å². The molecule has 0 amide bonds. The molecule has 1 rings (SSSR count). The summed E-state index contributed by atoms with van der Waals surface area (Å²) in [4.78, 5) is 2.58. The quantitative estimate of drug-likeness (QED) is 0.675.